The Balaban J connectivity index is 2.19. The predicted octanol–water partition coefficient (Wildman–Crippen LogP) is 2.96. The van der Waals surface area contributed by atoms with Crippen LogP contribution in [0.5, 0.6) is 0 Å². The highest BCUT2D eigenvalue weighted by Gasteiger charge is 2.06. The fraction of sp³-hybridized carbons (Fsp3) is 0.0833. The lowest BCUT2D eigenvalue weighted by molar-refractivity contribution is 0.101. The molecular formula is C12H9N3OS. The summed E-state index contributed by atoms with van der Waals surface area (Å²) in [6, 6.07) is 9.16. The fourth-order valence-electron chi connectivity index (χ4n) is 1.28. The van der Waals surface area contributed by atoms with Gasteiger partial charge in [0.15, 0.2) is 10.9 Å². The summed E-state index contributed by atoms with van der Waals surface area (Å²) in [5.74, 6) is -0.0555. The number of anilines is 2. The Labute approximate surface area is 103 Å². The van der Waals surface area contributed by atoms with Gasteiger partial charge >= 0.3 is 0 Å². The largest absolute Gasteiger partial charge is 0.331 e. The predicted molar refractivity (Wildman–Crippen MR) is 66.6 cm³/mol. The van der Waals surface area contributed by atoms with Crippen molar-refractivity contribution >= 4 is 27.9 Å². The summed E-state index contributed by atoms with van der Waals surface area (Å²) in [6.07, 6.45) is 0. The summed E-state index contributed by atoms with van der Waals surface area (Å²) in [5, 5.41) is 14.2. The summed E-state index contributed by atoms with van der Waals surface area (Å²) < 4.78 is 0. The third-order valence-electron chi connectivity index (χ3n) is 2.11. The molecule has 0 saturated heterocycles. The van der Waals surface area contributed by atoms with Crippen LogP contribution in [0.3, 0.4) is 0 Å². The maximum atomic E-state index is 11.1. The Kier molecular flexibility index (Phi) is 3.17. The normalized spacial score (nSPS) is 9.65. The van der Waals surface area contributed by atoms with Crippen LogP contribution in [0.25, 0.3) is 0 Å². The topological polar surface area (TPSA) is 65.8 Å². The van der Waals surface area contributed by atoms with Crippen LogP contribution in [0, 0.1) is 11.3 Å². The van der Waals surface area contributed by atoms with E-state index in [1.54, 1.807) is 23.6 Å². The molecule has 0 aliphatic heterocycles. The van der Waals surface area contributed by atoms with Gasteiger partial charge in [0.1, 0.15) is 5.69 Å². The summed E-state index contributed by atoms with van der Waals surface area (Å²) in [5.41, 5.74) is 1.82. The van der Waals surface area contributed by atoms with Crippen LogP contribution in [-0.4, -0.2) is 10.8 Å². The van der Waals surface area contributed by atoms with Gasteiger partial charge in [-0.1, -0.05) is 6.07 Å². The number of carbonyl (C=O) groups excluding carboxylic acids is 1. The van der Waals surface area contributed by atoms with E-state index in [9.17, 15) is 4.79 Å². The molecule has 2 aromatic rings. The molecule has 0 amide bonds. The molecular weight excluding hydrogens is 234 g/mol. The van der Waals surface area contributed by atoms with Crippen molar-refractivity contribution in [2.45, 2.75) is 6.92 Å². The van der Waals surface area contributed by atoms with Gasteiger partial charge < -0.3 is 5.32 Å². The molecule has 0 unspecified atom stereocenters. The van der Waals surface area contributed by atoms with E-state index in [2.05, 4.69) is 16.4 Å². The van der Waals surface area contributed by atoms with Gasteiger partial charge in [-0.3, -0.25) is 4.79 Å². The van der Waals surface area contributed by atoms with Crippen molar-refractivity contribution in [2.24, 2.45) is 0 Å². The van der Waals surface area contributed by atoms with E-state index in [1.807, 2.05) is 6.07 Å². The highest BCUT2D eigenvalue weighted by molar-refractivity contribution is 7.14. The van der Waals surface area contributed by atoms with Gasteiger partial charge in [0, 0.05) is 18.0 Å². The van der Waals surface area contributed by atoms with Gasteiger partial charge in [-0.2, -0.15) is 5.26 Å². The first-order valence-electron chi connectivity index (χ1n) is 4.92. The molecule has 0 atom stereocenters. The Morgan fingerprint density at radius 3 is 3.00 bits per heavy atom. The molecule has 1 aromatic carbocycles. The third kappa shape index (κ3) is 2.68. The summed E-state index contributed by atoms with van der Waals surface area (Å²) in [7, 11) is 0. The van der Waals surface area contributed by atoms with Crippen molar-refractivity contribution in [2.75, 3.05) is 5.32 Å². The molecule has 1 N–H and O–H groups in total. The molecule has 0 radical (unpaired) electrons. The van der Waals surface area contributed by atoms with E-state index in [1.165, 1.54) is 18.3 Å². The lowest BCUT2D eigenvalue weighted by Crippen LogP contribution is -1.94. The average molecular weight is 243 g/mol. The standard InChI is InChI=1S/C12H9N3OS/c1-8(16)11-7-17-12(15-11)14-10-4-2-3-9(5-10)6-13/h2-5,7H,1H3,(H,14,15). The van der Waals surface area contributed by atoms with Crippen molar-refractivity contribution in [1.82, 2.24) is 4.98 Å². The fourth-order valence-corrected chi connectivity index (χ4v) is 2.05. The van der Waals surface area contributed by atoms with Crippen LogP contribution in [0.4, 0.5) is 10.8 Å². The van der Waals surface area contributed by atoms with Gasteiger partial charge in [0.25, 0.3) is 0 Å². The van der Waals surface area contributed by atoms with Gasteiger partial charge in [-0.05, 0) is 18.2 Å². The Morgan fingerprint density at radius 2 is 2.35 bits per heavy atom. The Morgan fingerprint density at radius 1 is 1.53 bits per heavy atom. The van der Waals surface area contributed by atoms with Crippen LogP contribution >= 0.6 is 11.3 Å². The van der Waals surface area contributed by atoms with E-state index >= 15 is 0 Å². The second kappa shape index (κ2) is 4.76. The van der Waals surface area contributed by atoms with Gasteiger partial charge in [0.05, 0.1) is 11.6 Å². The summed E-state index contributed by atoms with van der Waals surface area (Å²) in [4.78, 5) is 15.2. The number of benzene rings is 1. The molecule has 2 rings (SSSR count). The number of nitrogens with zero attached hydrogens (tertiary/aromatic N) is 2. The van der Waals surface area contributed by atoms with Crippen LogP contribution < -0.4 is 5.32 Å². The molecule has 0 aliphatic rings. The number of ketones is 1. The van der Waals surface area contributed by atoms with E-state index in [4.69, 9.17) is 5.26 Å². The summed E-state index contributed by atoms with van der Waals surface area (Å²) >= 11 is 1.36. The lowest BCUT2D eigenvalue weighted by Gasteiger charge is -2.01. The minimum atomic E-state index is -0.0555. The Bertz CT molecular complexity index is 598. The van der Waals surface area contributed by atoms with Crippen LogP contribution in [0.15, 0.2) is 29.6 Å². The molecule has 0 aliphatic carbocycles. The molecule has 1 aromatic heterocycles. The number of Topliss-reactive ketones (excluding diaryl/α,β-unsaturated/α-hetero) is 1. The minimum absolute atomic E-state index is 0.0555. The number of thiazole rings is 1. The highest BCUT2D eigenvalue weighted by atomic mass is 32.1. The molecule has 0 saturated carbocycles. The van der Waals surface area contributed by atoms with Gasteiger partial charge in [-0.25, -0.2) is 4.98 Å². The minimum Gasteiger partial charge on any atom is -0.331 e. The second-order valence-corrected chi connectivity index (χ2v) is 4.27. The zero-order valence-electron chi connectivity index (χ0n) is 9.10. The first-order valence-corrected chi connectivity index (χ1v) is 5.80. The molecule has 5 heteroatoms. The number of nitriles is 1. The maximum Gasteiger partial charge on any atom is 0.187 e. The number of hydrogen-bond donors (Lipinski definition) is 1. The monoisotopic (exact) mass is 243 g/mol. The van der Waals surface area contributed by atoms with Crippen LogP contribution in [0.2, 0.25) is 0 Å². The molecule has 84 valence electrons. The van der Waals surface area contributed by atoms with E-state index < -0.39 is 0 Å². The Hall–Kier alpha value is -2.19. The number of hydrogen-bond acceptors (Lipinski definition) is 5. The zero-order chi connectivity index (χ0) is 12.3. The lowest BCUT2D eigenvalue weighted by atomic mass is 10.2. The number of rotatable bonds is 3. The van der Waals surface area contributed by atoms with E-state index in [-0.39, 0.29) is 5.78 Å². The molecule has 0 bridgehead atoms. The van der Waals surface area contributed by atoms with Crippen molar-refractivity contribution in [3.8, 4) is 6.07 Å². The first kappa shape index (κ1) is 11.3. The van der Waals surface area contributed by atoms with Crippen molar-refractivity contribution < 1.29 is 4.79 Å². The van der Waals surface area contributed by atoms with Crippen molar-refractivity contribution in [3.05, 3.63) is 40.9 Å². The molecule has 4 nitrogen and oxygen atoms in total. The SMILES string of the molecule is CC(=O)c1csc(Nc2cccc(C#N)c2)n1. The molecule has 1 heterocycles. The van der Waals surface area contributed by atoms with E-state index in [0.29, 0.717) is 16.4 Å². The van der Waals surface area contributed by atoms with E-state index in [0.717, 1.165) is 5.69 Å². The molecule has 0 fully saturated rings. The third-order valence-corrected chi connectivity index (χ3v) is 2.87. The number of nitrogens with one attached hydrogen (secondary N) is 1. The molecule has 0 spiro atoms. The van der Waals surface area contributed by atoms with Gasteiger partial charge in [-0.15, -0.1) is 11.3 Å². The summed E-state index contributed by atoms with van der Waals surface area (Å²) in [6.45, 7) is 1.48. The van der Waals surface area contributed by atoms with Gasteiger partial charge in [0.2, 0.25) is 0 Å². The smallest absolute Gasteiger partial charge is 0.187 e. The quantitative estimate of drug-likeness (QED) is 0.842. The first-order chi connectivity index (χ1) is 8.19. The maximum absolute atomic E-state index is 11.1. The van der Waals surface area contributed by atoms with Crippen LogP contribution in [-0.2, 0) is 0 Å². The number of carbonyl (C=O) groups is 1. The number of aromatic nitrogens is 1. The zero-order valence-corrected chi connectivity index (χ0v) is 9.91. The average Bonchev–Trinajstić information content (AvgIpc) is 2.78. The highest BCUT2D eigenvalue weighted by Crippen LogP contribution is 2.21. The molecule has 17 heavy (non-hydrogen) atoms. The van der Waals surface area contributed by atoms with Crippen LogP contribution in [0.1, 0.15) is 23.0 Å². The van der Waals surface area contributed by atoms with Crippen molar-refractivity contribution in [1.29, 1.82) is 5.26 Å². The second-order valence-electron chi connectivity index (χ2n) is 3.41. The van der Waals surface area contributed by atoms with Crippen molar-refractivity contribution in [3.63, 3.8) is 0 Å².